The van der Waals surface area contributed by atoms with Crippen molar-refractivity contribution in [3.63, 3.8) is 0 Å². The number of rotatable bonds is 6. The number of piperidine rings is 1. The van der Waals surface area contributed by atoms with Crippen molar-refractivity contribution < 1.29 is 17.6 Å². The summed E-state index contributed by atoms with van der Waals surface area (Å²) in [4.78, 5) is 17.8. The molecule has 4 rings (SSSR count). The maximum atomic E-state index is 13.2. The number of aryl methyl sites for hydroxylation is 1. The molecule has 7 nitrogen and oxygen atoms in total. The third-order valence-corrected chi connectivity index (χ3v) is 7.83. The third-order valence-electron chi connectivity index (χ3n) is 5.95. The van der Waals surface area contributed by atoms with Crippen LogP contribution in [0, 0.1) is 11.7 Å². The first-order chi connectivity index (χ1) is 15.3. The van der Waals surface area contributed by atoms with Gasteiger partial charge in [-0.15, -0.1) is 0 Å². The fourth-order valence-corrected chi connectivity index (χ4v) is 5.81. The molecule has 1 fully saturated rings. The monoisotopic (exact) mass is 458 g/mol. The summed E-state index contributed by atoms with van der Waals surface area (Å²) in [7, 11) is -3.78. The molecular weight excluding hydrogens is 431 g/mol. The highest BCUT2D eigenvalue weighted by atomic mass is 32.2. The van der Waals surface area contributed by atoms with E-state index in [2.05, 4.69) is 9.88 Å². The van der Waals surface area contributed by atoms with E-state index in [1.165, 1.54) is 16.4 Å². The van der Waals surface area contributed by atoms with Gasteiger partial charge in [-0.3, -0.25) is 4.79 Å². The topological polar surface area (TPSA) is 84.3 Å². The Labute approximate surface area is 187 Å². The second kappa shape index (κ2) is 8.99. The predicted octanol–water partition coefficient (Wildman–Crippen LogP) is 3.47. The number of nitrogens with zero attached hydrogens (tertiary/aromatic N) is 3. The van der Waals surface area contributed by atoms with Crippen molar-refractivity contribution in [2.75, 3.05) is 13.1 Å². The second-order valence-corrected chi connectivity index (χ2v) is 10.0. The summed E-state index contributed by atoms with van der Waals surface area (Å²) >= 11 is 0. The quantitative estimate of drug-likeness (QED) is 0.613. The molecule has 1 aliphatic rings. The molecule has 0 saturated carbocycles. The van der Waals surface area contributed by atoms with Crippen LogP contribution in [0.4, 0.5) is 4.39 Å². The van der Waals surface area contributed by atoms with Gasteiger partial charge in [0, 0.05) is 19.6 Å². The Hall–Kier alpha value is -2.78. The van der Waals surface area contributed by atoms with Crippen molar-refractivity contribution in [3.8, 4) is 0 Å². The first-order valence-corrected chi connectivity index (χ1v) is 12.3. The number of benzene rings is 2. The molecule has 3 aromatic rings. The lowest BCUT2D eigenvalue weighted by Crippen LogP contribution is -2.46. The van der Waals surface area contributed by atoms with E-state index < -0.39 is 21.8 Å². The molecular formula is C23H27FN4O3S. The van der Waals surface area contributed by atoms with E-state index in [-0.39, 0.29) is 23.4 Å². The van der Waals surface area contributed by atoms with Gasteiger partial charge in [-0.1, -0.05) is 12.1 Å². The number of amides is 1. The summed E-state index contributed by atoms with van der Waals surface area (Å²) in [5, 5.41) is 3.03. The number of fused-ring (bicyclic) bond motifs is 1. The van der Waals surface area contributed by atoms with E-state index in [9.17, 15) is 17.6 Å². The molecule has 0 radical (unpaired) electrons. The summed E-state index contributed by atoms with van der Waals surface area (Å²) in [5.41, 5.74) is 1.89. The fraction of sp³-hybridized carbons (Fsp3) is 0.391. The molecule has 9 heteroatoms. The Balaban J connectivity index is 1.48. The lowest BCUT2D eigenvalue weighted by Gasteiger charge is -2.31. The lowest BCUT2D eigenvalue weighted by molar-refractivity contribution is -0.126. The third kappa shape index (κ3) is 4.27. The minimum atomic E-state index is -3.78. The minimum absolute atomic E-state index is 0.0324. The van der Waals surface area contributed by atoms with Gasteiger partial charge in [-0.25, -0.2) is 17.8 Å². The maximum absolute atomic E-state index is 13.2. The smallest absolute Gasteiger partial charge is 0.243 e. The van der Waals surface area contributed by atoms with Gasteiger partial charge < -0.3 is 9.88 Å². The highest BCUT2D eigenvalue weighted by Gasteiger charge is 2.34. The van der Waals surface area contributed by atoms with E-state index in [0.29, 0.717) is 19.4 Å². The summed E-state index contributed by atoms with van der Waals surface area (Å²) in [6, 6.07) is 12.3. The van der Waals surface area contributed by atoms with E-state index in [0.717, 1.165) is 35.5 Å². The molecule has 1 amide bonds. The van der Waals surface area contributed by atoms with Crippen LogP contribution in [-0.4, -0.2) is 41.3 Å². The number of carbonyl (C=O) groups is 1. The molecule has 2 atom stereocenters. The van der Waals surface area contributed by atoms with Crippen LogP contribution in [0.15, 0.2) is 53.4 Å². The van der Waals surface area contributed by atoms with Gasteiger partial charge >= 0.3 is 0 Å². The van der Waals surface area contributed by atoms with Gasteiger partial charge in [0.2, 0.25) is 15.9 Å². The summed E-state index contributed by atoms with van der Waals surface area (Å²) in [6.07, 6.45) is 1.19. The van der Waals surface area contributed by atoms with Crippen LogP contribution in [0.1, 0.15) is 38.6 Å². The van der Waals surface area contributed by atoms with Crippen LogP contribution in [0.3, 0.4) is 0 Å². The minimum Gasteiger partial charge on any atom is -0.346 e. The van der Waals surface area contributed by atoms with E-state index in [4.69, 9.17) is 4.98 Å². The molecule has 1 aliphatic heterocycles. The van der Waals surface area contributed by atoms with Crippen molar-refractivity contribution in [2.45, 2.75) is 44.2 Å². The molecule has 0 bridgehead atoms. The van der Waals surface area contributed by atoms with Gasteiger partial charge in [0.15, 0.2) is 0 Å². The van der Waals surface area contributed by atoms with Crippen LogP contribution >= 0.6 is 0 Å². The standard InChI is InChI=1S/C23H27FN4O3S/c1-3-28-21-9-5-4-8-20(21)26-22(28)16(2)25-23(29)17-7-6-14-27(15-17)32(30,31)19-12-10-18(24)11-13-19/h4-5,8-13,16-17H,3,6-7,14-15H2,1-2H3,(H,25,29). The number of nitrogens with one attached hydrogen (secondary N) is 1. The largest absolute Gasteiger partial charge is 0.346 e. The molecule has 0 aliphatic carbocycles. The molecule has 1 saturated heterocycles. The zero-order chi connectivity index (χ0) is 22.9. The molecule has 2 unspecified atom stereocenters. The van der Waals surface area contributed by atoms with Gasteiger partial charge in [-0.2, -0.15) is 4.31 Å². The van der Waals surface area contributed by atoms with Crippen LogP contribution in [0.2, 0.25) is 0 Å². The van der Waals surface area contributed by atoms with Crippen molar-refractivity contribution in [3.05, 3.63) is 60.2 Å². The normalized spacial score (nSPS) is 18.5. The first kappa shape index (κ1) is 22.4. The number of halogens is 1. The average molecular weight is 459 g/mol. The molecule has 32 heavy (non-hydrogen) atoms. The molecule has 2 heterocycles. The number of hydrogen-bond donors (Lipinski definition) is 1. The summed E-state index contributed by atoms with van der Waals surface area (Å²) in [5.74, 6) is -0.368. The molecule has 1 aromatic heterocycles. The number of carbonyl (C=O) groups excluding carboxylic acids is 1. The van der Waals surface area contributed by atoms with Crippen molar-refractivity contribution >= 4 is 27.0 Å². The van der Waals surface area contributed by atoms with Crippen molar-refractivity contribution in [1.82, 2.24) is 19.2 Å². The van der Waals surface area contributed by atoms with Crippen LogP contribution in [0.5, 0.6) is 0 Å². The van der Waals surface area contributed by atoms with Crippen LogP contribution < -0.4 is 5.32 Å². The molecule has 1 N–H and O–H groups in total. The second-order valence-electron chi connectivity index (χ2n) is 8.09. The highest BCUT2D eigenvalue weighted by Crippen LogP contribution is 2.26. The van der Waals surface area contributed by atoms with Gasteiger partial charge in [0.1, 0.15) is 11.6 Å². The molecule has 2 aromatic carbocycles. The predicted molar refractivity (Wildman–Crippen MR) is 120 cm³/mol. The van der Waals surface area contributed by atoms with E-state index in [1.54, 1.807) is 0 Å². The number of imidazole rings is 1. The van der Waals surface area contributed by atoms with E-state index >= 15 is 0 Å². The van der Waals surface area contributed by atoms with Crippen molar-refractivity contribution in [2.24, 2.45) is 5.92 Å². The average Bonchev–Trinajstić information content (AvgIpc) is 3.18. The Kier molecular flexibility index (Phi) is 6.30. The Morgan fingerprint density at radius 3 is 2.66 bits per heavy atom. The number of aromatic nitrogens is 2. The number of para-hydroxylation sites is 2. The zero-order valence-electron chi connectivity index (χ0n) is 18.2. The maximum Gasteiger partial charge on any atom is 0.243 e. The Morgan fingerprint density at radius 2 is 1.94 bits per heavy atom. The van der Waals surface area contributed by atoms with Crippen LogP contribution in [0.25, 0.3) is 11.0 Å². The Morgan fingerprint density at radius 1 is 1.22 bits per heavy atom. The zero-order valence-corrected chi connectivity index (χ0v) is 19.0. The van der Waals surface area contributed by atoms with Gasteiger partial charge in [0.25, 0.3) is 0 Å². The summed E-state index contributed by atoms with van der Waals surface area (Å²) in [6.45, 7) is 5.09. The van der Waals surface area contributed by atoms with Gasteiger partial charge in [-0.05, 0) is 63.1 Å². The SMILES string of the molecule is CCn1c(C(C)NC(=O)C2CCCN(S(=O)(=O)c3ccc(F)cc3)C2)nc2ccccc21. The molecule has 0 spiro atoms. The first-order valence-electron chi connectivity index (χ1n) is 10.8. The van der Waals surface area contributed by atoms with Crippen molar-refractivity contribution in [1.29, 1.82) is 0 Å². The lowest BCUT2D eigenvalue weighted by atomic mass is 9.98. The van der Waals surface area contributed by atoms with E-state index in [1.807, 2.05) is 38.1 Å². The fourth-order valence-electron chi connectivity index (χ4n) is 4.28. The van der Waals surface area contributed by atoms with Gasteiger partial charge in [0.05, 0.1) is 27.9 Å². The number of hydrogen-bond acceptors (Lipinski definition) is 4. The van der Waals surface area contributed by atoms with Crippen LogP contribution in [-0.2, 0) is 21.4 Å². The molecule has 170 valence electrons. The highest BCUT2D eigenvalue weighted by molar-refractivity contribution is 7.89. The number of sulfonamides is 1. The Bertz CT molecular complexity index is 1220. The summed E-state index contributed by atoms with van der Waals surface area (Å²) < 4.78 is 42.5.